The van der Waals surface area contributed by atoms with E-state index >= 15 is 0 Å². The van der Waals surface area contributed by atoms with Gasteiger partial charge in [-0.3, -0.25) is 4.98 Å². The van der Waals surface area contributed by atoms with Gasteiger partial charge in [0.05, 0.1) is 11.7 Å². The summed E-state index contributed by atoms with van der Waals surface area (Å²) in [6, 6.07) is 4.12. The highest BCUT2D eigenvalue weighted by molar-refractivity contribution is 5.94. The molecule has 4 aromatic rings. The molecule has 1 saturated carbocycles. The molecule has 8 nitrogen and oxygen atoms in total. The van der Waals surface area contributed by atoms with E-state index in [1.165, 1.54) is 18.2 Å². The Hall–Kier alpha value is -3.86. The number of nitrogens with one attached hydrogen (secondary N) is 2. The molecule has 2 atom stereocenters. The second-order valence-electron chi connectivity index (χ2n) is 10.4. The molecule has 2 N–H and O–H groups in total. The Balaban J connectivity index is 1.44. The minimum atomic E-state index is -1.40. The molecule has 5 heterocycles. The van der Waals surface area contributed by atoms with E-state index in [1.807, 2.05) is 6.20 Å². The van der Waals surface area contributed by atoms with Crippen molar-refractivity contribution in [2.45, 2.75) is 44.6 Å². The van der Waals surface area contributed by atoms with Gasteiger partial charge in [-0.1, -0.05) is 13.3 Å². The van der Waals surface area contributed by atoms with E-state index < -0.39 is 23.4 Å². The van der Waals surface area contributed by atoms with Crippen LogP contribution in [0.4, 0.5) is 30.6 Å². The van der Waals surface area contributed by atoms with Crippen LogP contribution in [0.1, 0.15) is 44.1 Å². The summed E-state index contributed by atoms with van der Waals surface area (Å²) in [5.74, 6) is -1.87. The van der Waals surface area contributed by atoms with E-state index in [0.29, 0.717) is 35.3 Å². The van der Waals surface area contributed by atoms with Crippen LogP contribution in [0.3, 0.4) is 0 Å². The lowest BCUT2D eigenvalue weighted by molar-refractivity contribution is 0.339. The molecule has 1 aliphatic heterocycles. The molecule has 0 amide bonds. The zero-order valence-electron chi connectivity index (χ0n) is 21.8. The molecule has 2 aliphatic rings. The first kappa shape index (κ1) is 25.4. The van der Waals surface area contributed by atoms with Crippen LogP contribution in [0.2, 0.25) is 0 Å². The number of hydrogen-bond donors (Lipinski definition) is 2. The highest BCUT2D eigenvalue weighted by Crippen LogP contribution is 2.42. The molecule has 1 saturated heterocycles. The zero-order chi connectivity index (χ0) is 27.1. The number of aromatic nitrogens is 5. The maximum atomic E-state index is 14.2. The minimum Gasteiger partial charge on any atom is -0.356 e. The maximum Gasteiger partial charge on any atom is 0.251 e. The fourth-order valence-electron chi connectivity index (χ4n) is 5.53. The van der Waals surface area contributed by atoms with Gasteiger partial charge >= 0.3 is 0 Å². The summed E-state index contributed by atoms with van der Waals surface area (Å²) in [5, 5.41) is 7.14. The third kappa shape index (κ3) is 4.87. The summed E-state index contributed by atoms with van der Waals surface area (Å²) in [7, 11) is 2.10. The van der Waals surface area contributed by atoms with Gasteiger partial charge in [-0.2, -0.15) is 9.37 Å². The first-order valence-corrected chi connectivity index (χ1v) is 13.2. The van der Waals surface area contributed by atoms with Gasteiger partial charge in [-0.25, -0.2) is 23.7 Å². The molecule has 4 aromatic heterocycles. The molecule has 2 unspecified atom stereocenters. The number of piperidine rings is 1. The van der Waals surface area contributed by atoms with Crippen LogP contribution in [0.25, 0.3) is 22.3 Å². The number of halogens is 3. The highest BCUT2D eigenvalue weighted by atomic mass is 19.2. The van der Waals surface area contributed by atoms with Gasteiger partial charge < -0.3 is 15.5 Å². The smallest absolute Gasteiger partial charge is 0.251 e. The molecule has 1 aliphatic carbocycles. The van der Waals surface area contributed by atoms with Crippen LogP contribution in [-0.4, -0.2) is 51.1 Å². The molecule has 0 radical (unpaired) electrons. The van der Waals surface area contributed by atoms with Crippen LogP contribution >= 0.6 is 0 Å². The number of rotatable bonds is 6. The van der Waals surface area contributed by atoms with Crippen molar-refractivity contribution in [2.24, 2.45) is 5.92 Å². The van der Waals surface area contributed by atoms with Crippen LogP contribution in [0.15, 0.2) is 36.8 Å². The molecule has 11 heteroatoms. The molecule has 0 spiro atoms. The number of anilines is 3. The fourth-order valence-corrected chi connectivity index (χ4v) is 5.53. The quantitative estimate of drug-likeness (QED) is 0.320. The van der Waals surface area contributed by atoms with E-state index in [1.54, 1.807) is 18.3 Å². The molecule has 2 fully saturated rings. The van der Waals surface area contributed by atoms with Crippen molar-refractivity contribution in [2.75, 3.05) is 30.4 Å². The number of pyridine rings is 3. The maximum absolute atomic E-state index is 14.2. The van der Waals surface area contributed by atoms with E-state index in [2.05, 4.69) is 44.5 Å². The van der Waals surface area contributed by atoms with E-state index in [-0.39, 0.29) is 5.82 Å². The summed E-state index contributed by atoms with van der Waals surface area (Å²) >= 11 is 0. The number of fused-ring (bicyclic) bond motifs is 1. The summed E-state index contributed by atoms with van der Waals surface area (Å²) in [5.41, 5.74) is 2.57. The number of hydrogen-bond acceptors (Lipinski definition) is 8. The number of nitrogens with zero attached hydrogens (tertiary/aromatic N) is 6. The predicted molar refractivity (Wildman–Crippen MR) is 143 cm³/mol. The Bertz CT molecular complexity index is 1530. The van der Waals surface area contributed by atoms with E-state index in [9.17, 15) is 13.2 Å². The molecule has 0 aromatic carbocycles. The second kappa shape index (κ2) is 10.4. The van der Waals surface area contributed by atoms with Gasteiger partial charge in [0.15, 0.2) is 23.3 Å². The van der Waals surface area contributed by atoms with Crippen molar-refractivity contribution < 1.29 is 13.2 Å². The Morgan fingerprint density at radius 2 is 1.87 bits per heavy atom. The first-order valence-electron chi connectivity index (χ1n) is 13.2. The monoisotopic (exact) mass is 534 g/mol. The molecule has 202 valence electrons. The largest absolute Gasteiger partial charge is 0.356 e. The lowest BCUT2D eigenvalue weighted by Gasteiger charge is -2.38. The normalized spacial score (nSPS) is 19.6. The molecular formula is C28H29F3N8. The molecule has 6 rings (SSSR count). The molecule has 39 heavy (non-hydrogen) atoms. The zero-order valence-corrected chi connectivity index (χ0v) is 21.8. The summed E-state index contributed by atoms with van der Waals surface area (Å²) in [6.07, 6.45) is 9.70. The van der Waals surface area contributed by atoms with Gasteiger partial charge in [0.25, 0.3) is 5.95 Å². The Morgan fingerprint density at radius 1 is 1.03 bits per heavy atom. The topological polar surface area (TPSA) is 91.8 Å². The van der Waals surface area contributed by atoms with E-state index in [4.69, 9.17) is 9.97 Å². The van der Waals surface area contributed by atoms with Gasteiger partial charge in [0.1, 0.15) is 11.6 Å². The van der Waals surface area contributed by atoms with Gasteiger partial charge in [-0.05, 0) is 61.9 Å². The van der Waals surface area contributed by atoms with Crippen LogP contribution in [0, 0.1) is 23.5 Å². The summed E-state index contributed by atoms with van der Waals surface area (Å²) in [6.45, 7) is 4.13. The van der Waals surface area contributed by atoms with Crippen LogP contribution < -0.4 is 15.5 Å². The average molecular weight is 535 g/mol. The molecule has 0 bridgehead atoms. The molecular weight excluding hydrogens is 505 g/mol. The van der Waals surface area contributed by atoms with Crippen molar-refractivity contribution in [3.05, 3.63) is 59.9 Å². The van der Waals surface area contributed by atoms with Crippen LogP contribution in [-0.2, 0) is 0 Å². The minimum absolute atomic E-state index is 0.192. The van der Waals surface area contributed by atoms with Gasteiger partial charge in [-0.15, -0.1) is 0 Å². The van der Waals surface area contributed by atoms with Crippen molar-refractivity contribution >= 4 is 28.4 Å². The first-order chi connectivity index (χ1) is 18.9. The summed E-state index contributed by atoms with van der Waals surface area (Å²) < 4.78 is 41.2. The van der Waals surface area contributed by atoms with Crippen molar-refractivity contribution in [3.8, 4) is 11.4 Å². The lowest BCUT2D eigenvalue weighted by Crippen LogP contribution is -2.47. The third-order valence-corrected chi connectivity index (χ3v) is 7.88. The SMILES string of the molecule is CC1CNCCC1N(C)c1nc(-c2ccnc(Nc3nc(F)c(F)cc3F)c2)nc2cncc(C3CCC3)c12. The standard InChI is InChI=1S/C28H29F3N8/c1-15-12-32-8-7-22(15)39(2)28-24-18(16-4-3-5-16)13-33-14-21(24)35-26(38-28)17-6-9-34-23(10-17)36-27-20(30)11-19(29)25(31)37-27/h6,9-11,13-16,22,32H,3-5,7-8,12H2,1-2H3,(H,34,36,37). The van der Waals surface area contributed by atoms with Crippen molar-refractivity contribution in [1.82, 2.24) is 30.2 Å². The Morgan fingerprint density at radius 3 is 2.64 bits per heavy atom. The Kier molecular flexibility index (Phi) is 6.76. The Labute approximate surface area is 224 Å². The van der Waals surface area contributed by atoms with Gasteiger partial charge in [0.2, 0.25) is 0 Å². The van der Waals surface area contributed by atoms with Gasteiger partial charge in [0, 0.05) is 42.5 Å². The predicted octanol–water partition coefficient (Wildman–Crippen LogP) is 5.34. The summed E-state index contributed by atoms with van der Waals surface area (Å²) in [4.78, 5) is 24.3. The highest BCUT2D eigenvalue weighted by Gasteiger charge is 2.30. The lowest BCUT2D eigenvalue weighted by atomic mass is 9.79. The van der Waals surface area contributed by atoms with Crippen molar-refractivity contribution in [1.29, 1.82) is 0 Å². The van der Waals surface area contributed by atoms with Crippen molar-refractivity contribution in [3.63, 3.8) is 0 Å². The average Bonchev–Trinajstić information content (AvgIpc) is 2.90. The second-order valence-corrected chi connectivity index (χ2v) is 10.4. The van der Waals surface area contributed by atoms with Crippen LogP contribution in [0.5, 0.6) is 0 Å². The third-order valence-electron chi connectivity index (χ3n) is 7.88. The fraction of sp³-hybridized carbons (Fsp3) is 0.393. The van der Waals surface area contributed by atoms with E-state index in [0.717, 1.165) is 49.1 Å².